The van der Waals surface area contributed by atoms with E-state index in [0.717, 1.165) is 54.4 Å². The van der Waals surface area contributed by atoms with E-state index in [0.29, 0.717) is 0 Å². The van der Waals surface area contributed by atoms with Gasteiger partial charge >= 0.3 is 0 Å². The standard InChI is InChI=1S/C39H56O3/c1-4-6-8-10-12-14-16-18-30-41-37-27-24-34(25-28-37)33-20-22-35(23-21-33)36-26-29-38(39(32-36)40-3)42-31-19-17-15-13-11-9-7-5-2/h20-29,32H,4-19,30-31H2,1-3H3. The molecule has 3 heteroatoms. The summed E-state index contributed by atoms with van der Waals surface area (Å²) in [6.45, 7) is 6.08. The van der Waals surface area contributed by atoms with E-state index in [4.69, 9.17) is 14.2 Å². The largest absolute Gasteiger partial charge is 0.494 e. The minimum Gasteiger partial charge on any atom is -0.494 e. The van der Waals surface area contributed by atoms with Crippen molar-refractivity contribution in [2.75, 3.05) is 20.3 Å². The highest BCUT2D eigenvalue weighted by Crippen LogP contribution is 2.34. The van der Waals surface area contributed by atoms with Crippen molar-refractivity contribution < 1.29 is 14.2 Å². The Bertz CT molecular complexity index is 1090. The number of hydrogen-bond acceptors (Lipinski definition) is 3. The second kappa shape index (κ2) is 20.9. The molecular weight excluding hydrogens is 516 g/mol. The maximum absolute atomic E-state index is 6.07. The Kier molecular flexibility index (Phi) is 16.7. The molecule has 0 saturated heterocycles. The summed E-state index contributed by atoms with van der Waals surface area (Å²) < 4.78 is 17.7. The summed E-state index contributed by atoms with van der Waals surface area (Å²) in [5, 5.41) is 0. The lowest BCUT2D eigenvalue weighted by Gasteiger charge is -2.13. The molecule has 0 amide bonds. The molecule has 0 aromatic heterocycles. The molecule has 0 aliphatic rings. The first kappa shape index (κ1) is 33.6. The van der Waals surface area contributed by atoms with E-state index >= 15 is 0 Å². The molecule has 3 aromatic rings. The zero-order chi connectivity index (χ0) is 29.7. The fraction of sp³-hybridized carbons (Fsp3) is 0.538. The fourth-order valence-electron chi connectivity index (χ4n) is 5.41. The maximum atomic E-state index is 6.07. The number of hydrogen-bond donors (Lipinski definition) is 0. The second-order valence-corrected chi connectivity index (χ2v) is 11.6. The molecule has 3 aromatic carbocycles. The van der Waals surface area contributed by atoms with Crippen molar-refractivity contribution in [2.45, 2.75) is 117 Å². The third kappa shape index (κ3) is 12.5. The van der Waals surface area contributed by atoms with Gasteiger partial charge < -0.3 is 14.2 Å². The predicted molar refractivity (Wildman–Crippen MR) is 180 cm³/mol. The third-order valence-corrected chi connectivity index (χ3v) is 8.09. The fourth-order valence-corrected chi connectivity index (χ4v) is 5.41. The molecule has 0 heterocycles. The van der Waals surface area contributed by atoms with Gasteiger partial charge in [-0.25, -0.2) is 0 Å². The molecule has 3 nitrogen and oxygen atoms in total. The lowest BCUT2D eigenvalue weighted by atomic mass is 10.00. The van der Waals surface area contributed by atoms with Crippen LogP contribution in [0.5, 0.6) is 17.2 Å². The summed E-state index contributed by atoms with van der Waals surface area (Å²) in [5.74, 6) is 2.57. The van der Waals surface area contributed by atoms with Crippen molar-refractivity contribution in [2.24, 2.45) is 0 Å². The van der Waals surface area contributed by atoms with Gasteiger partial charge in [-0.1, -0.05) is 146 Å². The van der Waals surface area contributed by atoms with Crippen LogP contribution < -0.4 is 14.2 Å². The summed E-state index contributed by atoms with van der Waals surface area (Å²) >= 11 is 0. The van der Waals surface area contributed by atoms with Crippen LogP contribution in [-0.2, 0) is 0 Å². The molecule has 0 fully saturated rings. The van der Waals surface area contributed by atoms with Gasteiger partial charge in [-0.15, -0.1) is 0 Å². The van der Waals surface area contributed by atoms with Crippen molar-refractivity contribution in [1.29, 1.82) is 0 Å². The van der Waals surface area contributed by atoms with Crippen molar-refractivity contribution in [1.82, 2.24) is 0 Å². The molecule has 0 bridgehead atoms. The summed E-state index contributed by atoms with van der Waals surface area (Å²) in [5.41, 5.74) is 4.69. The van der Waals surface area contributed by atoms with Crippen LogP contribution >= 0.6 is 0 Å². The normalized spacial score (nSPS) is 11.0. The van der Waals surface area contributed by atoms with E-state index in [1.165, 1.54) is 101 Å². The quantitative estimate of drug-likeness (QED) is 0.106. The molecule has 0 spiro atoms. The first-order valence-electron chi connectivity index (χ1n) is 16.9. The highest BCUT2D eigenvalue weighted by Gasteiger charge is 2.08. The molecule has 42 heavy (non-hydrogen) atoms. The van der Waals surface area contributed by atoms with Crippen LogP contribution in [0.2, 0.25) is 0 Å². The van der Waals surface area contributed by atoms with Gasteiger partial charge in [0.2, 0.25) is 0 Å². The average molecular weight is 573 g/mol. The SMILES string of the molecule is CCCCCCCCCCOc1ccc(-c2ccc(-c3ccc(OCCCCCCCCCC)c(OC)c3)cc2)cc1. The number of benzene rings is 3. The summed E-state index contributed by atoms with van der Waals surface area (Å²) in [6, 6.07) is 23.5. The zero-order valence-electron chi connectivity index (χ0n) is 26.8. The van der Waals surface area contributed by atoms with Crippen LogP contribution in [0.3, 0.4) is 0 Å². The van der Waals surface area contributed by atoms with E-state index in [2.05, 4.69) is 74.5 Å². The van der Waals surface area contributed by atoms with Gasteiger partial charge in [0.05, 0.1) is 20.3 Å². The molecule has 0 saturated carbocycles. The lowest BCUT2D eigenvalue weighted by Crippen LogP contribution is -1.99. The van der Waals surface area contributed by atoms with Gasteiger partial charge in [-0.2, -0.15) is 0 Å². The number of methoxy groups -OCH3 is 1. The van der Waals surface area contributed by atoms with E-state index in [-0.39, 0.29) is 0 Å². The molecule has 0 aliphatic carbocycles. The van der Waals surface area contributed by atoms with Crippen LogP contribution in [0.1, 0.15) is 117 Å². The van der Waals surface area contributed by atoms with Crippen LogP contribution in [0.4, 0.5) is 0 Å². The Morgan fingerprint density at radius 2 is 0.810 bits per heavy atom. The second-order valence-electron chi connectivity index (χ2n) is 11.6. The molecule has 0 radical (unpaired) electrons. The molecule has 0 atom stereocenters. The van der Waals surface area contributed by atoms with Crippen LogP contribution in [0.15, 0.2) is 66.7 Å². The molecular formula is C39H56O3. The minimum absolute atomic E-state index is 0.738. The van der Waals surface area contributed by atoms with Crippen LogP contribution in [0.25, 0.3) is 22.3 Å². The maximum Gasteiger partial charge on any atom is 0.161 e. The Morgan fingerprint density at radius 3 is 1.31 bits per heavy atom. The molecule has 0 aliphatic heterocycles. The van der Waals surface area contributed by atoms with Crippen molar-refractivity contribution in [3.8, 4) is 39.5 Å². The first-order valence-corrected chi connectivity index (χ1v) is 16.9. The third-order valence-electron chi connectivity index (χ3n) is 8.09. The topological polar surface area (TPSA) is 27.7 Å². The van der Waals surface area contributed by atoms with Gasteiger partial charge in [0.1, 0.15) is 5.75 Å². The summed E-state index contributed by atoms with van der Waals surface area (Å²) in [7, 11) is 1.72. The lowest BCUT2D eigenvalue weighted by molar-refractivity contribution is 0.284. The predicted octanol–water partition coefficient (Wildman–Crippen LogP) is 12.1. The minimum atomic E-state index is 0.738. The molecule has 0 unspecified atom stereocenters. The van der Waals surface area contributed by atoms with Crippen LogP contribution in [-0.4, -0.2) is 20.3 Å². The average Bonchev–Trinajstić information content (AvgIpc) is 3.03. The number of ether oxygens (including phenoxy) is 3. The van der Waals surface area contributed by atoms with Crippen molar-refractivity contribution >= 4 is 0 Å². The van der Waals surface area contributed by atoms with Gasteiger partial charge in [-0.3, -0.25) is 0 Å². The Morgan fingerprint density at radius 1 is 0.405 bits per heavy atom. The zero-order valence-corrected chi connectivity index (χ0v) is 26.8. The Balaban J connectivity index is 1.41. The molecule has 0 N–H and O–H groups in total. The Labute approximate surface area is 257 Å². The van der Waals surface area contributed by atoms with Gasteiger partial charge in [0, 0.05) is 0 Å². The first-order chi connectivity index (χ1) is 20.7. The van der Waals surface area contributed by atoms with E-state index in [1.807, 2.05) is 6.07 Å². The smallest absolute Gasteiger partial charge is 0.161 e. The van der Waals surface area contributed by atoms with Gasteiger partial charge in [0.25, 0.3) is 0 Å². The summed E-state index contributed by atoms with van der Waals surface area (Å²) in [4.78, 5) is 0. The summed E-state index contributed by atoms with van der Waals surface area (Å²) in [6.07, 6.45) is 20.9. The number of unbranched alkanes of at least 4 members (excludes halogenated alkanes) is 14. The van der Waals surface area contributed by atoms with Crippen LogP contribution in [0, 0.1) is 0 Å². The molecule has 3 rings (SSSR count). The van der Waals surface area contributed by atoms with E-state index in [9.17, 15) is 0 Å². The highest BCUT2D eigenvalue weighted by molar-refractivity contribution is 5.72. The number of rotatable bonds is 23. The Hall–Kier alpha value is -2.94. The van der Waals surface area contributed by atoms with Crippen molar-refractivity contribution in [3.05, 3.63) is 66.7 Å². The van der Waals surface area contributed by atoms with Gasteiger partial charge in [-0.05, 0) is 59.4 Å². The van der Waals surface area contributed by atoms with E-state index in [1.54, 1.807) is 7.11 Å². The molecule has 230 valence electrons. The van der Waals surface area contributed by atoms with E-state index < -0.39 is 0 Å². The van der Waals surface area contributed by atoms with Gasteiger partial charge in [0.15, 0.2) is 11.5 Å². The monoisotopic (exact) mass is 572 g/mol. The highest BCUT2D eigenvalue weighted by atomic mass is 16.5. The van der Waals surface area contributed by atoms with Crippen molar-refractivity contribution in [3.63, 3.8) is 0 Å².